The van der Waals surface area contributed by atoms with Crippen LogP contribution >= 0.6 is 0 Å². The van der Waals surface area contributed by atoms with Crippen molar-refractivity contribution in [2.45, 2.75) is 78.0 Å². The molecular weight excluding hydrogens is 372 g/mol. The van der Waals surface area contributed by atoms with Gasteiger partial charge in [0.05, 0.1) is 24.7 Å². The first kappa shape index (κ1) is 24.9. The molecule has 8 nitrogen and oxygen atoms in total. The molecule has 5 atom stereocenters. The molecule has 0 aromatic carbocycles. The third kappa shape index (κ3) is 7.34. The number of carbonyl (C=O) groups excluding carboxylic acids is 2. The predicted octanol–water partition coefficient (Wildman–Crippen LogP) is 1.47. The van der Waals surface area contributed by atoms with E-state index in [0.29, 0.717) is 6.42 Å². The van der Waals surface area contributed by atoms with Crippen LogP contribution in [-0.4, -0.2) is 47.7 Å². The molecule has 1 saturated carbocycles. The van der Waals surface area contributed by atoms with Crippen molar-refractivity contribution >= 4 is 17.8 Å². The second-order valence-electron chi connectivity index (χ2n) is 7.67. The van der Waals surface area contributed by atoms with Crippen LogP contribution in [0.15, 0.2) is 17.1 Å². The maximum absolute atomic E-state index is 12.6. The van der Waals surface area contributed by atoms with E-state index in [0.717, 1.165) is 19.3 Å². The number of aliphatic hydroxyl groups excluding tert-OH is 1. The molecule has 1 fully saturated rings. The summed E-state index contributed by atoms with van der Waals surface area (Å²) in [6, 6.07) is -0.805. The number of aliphatic hydroxyl groups is 1. The number of amides is 1. The lowest BCUT2D eigenvalue weighted by Crippen LogP contribution is -2.51. The molecule has 0 spiro atoms. The van der Waals surface area contributed by atoms with Gasteiger partial charge in [-0.1, -0.05) is 45.8 Å². The second-order valence-corrected chi connectivity index (χ2v) is 7.67. The predicted molar refractivity (Wildman–Crippen MR) is 114 cm³/mol. The Kier molecular flexibility index (Phi) is 10.7. The summed E-state index contributed by atoms with van der Waals surface area (Å²) in [5.41, 5.74) is 11.2. The molecule has 29 heavy (non-hydrogen) atoms. The minimum atomic E-state index is -1.00. The van der Waals surface area contributed by atoms with Crippen molar-refractivity contribution in [2.24, 2.45) is 34.2 Å². The minimum absolute atomic E-state index is 0.1000. The van der Waals surface area contributed by atoms with Gasteiger partial charge in [0.15, 0.2) is 5.96 Å². The van der Waals surface area contributed by atoms with E-state index in [-0.39, 0.29) is 36.9 Å². The van der Waals surface area contributed by atoms with Crippen LogP contribution in [0.3, 0.4) is 0 Å². The van der Waals surface area contributed by atoms with Crippen LogP contribution in [0.25, 0.3) is 0 Å². The fourth-order valence-corrected chi connectivity index (χ4v) is 4.25. The number of carbonyl (C=O) groups is 2. The van der Waals surface area contributed by atoms with E-state index in [4.69, 9.17) is 16.2 Å². The molecule has 1 amide bonds. The molecule has 0 heterocycles. The van der Waals surface area contributed by atoms with E-state index in [1.807, 2.05) is 32.9 Å². The summed E-state index contributed by atoms with van der Waals surface area (Å²) in [6.07, 6.45) is 6.45. The van der Waals surface area contributed by atoms with Gasteiger partial charge in [-0.3, -0.25) is 9.59 Å². The minimum Gasteiger partial charge on any atom is -0.465 e. The van der Waals surface area contributed by atoms with Gasteiger partial charge in [0.1, 0.15) is 0 Å². The molecule has 0 radical (unpaired) electrons. The van der Waals surface area contributed by atoms with Crippen molar-refractivity contribution in [1.82, 2.24) is 5.32 Å². The molecule has 2 unspecified atom stereocenters. The fraction of sp³-hybridized carbons (Fsp3) is 0.762. The van der Waals surface area contributed by atoms with Gasteiger partial charge in [-0.05, 0) is 25.2 Å². The first-order chi connectivity index (χ1) is 13.8. The molecule has 6 N–H and O–H groups in total. The summed E-state index contributed by atoms with van der Waals surface area (Å²) in [5, 5.41) is 14.0. The van der Waals surface area contributed by atoms with Gasteiger partial charge >= 0.3 is 5.97 Å². The molecule has 1 aliphatic rings. The topological polar surface area (TPSA) is 140 Å². The number of hydrogen-bond donors (Lipinski definition) is 4. The maximum Gasteiger partial charge on any atom is 0.311 e. The van der Waals surface area contributed by atoms with Crippen molar-refractivity contribution < 1.29 is 19.4 Å². The fourth-order valence-electron chi connectivity index (χ4n) is 4.25. The molecule has 0 bridgehead atoms. The highest BCUT2D eigenvalue weighted by Gasteiger charge is 2.51. The Morgan fingerprint density at radius 1 is 1.24 bits per heavy atom. The lowest BCUT2D eigenvalue weighted by molar-refractivity contribution is -0.152. The highest BCUT2D eigenvalue weighted by atomic mass is 16.5. The van der Waals surface area contributed by atoms with Gasteiger partial charge in [-0.2, -0.15) is 0 Å². The van der Waals surface area contributed by atoms with Gasteiger partial charge in [0.2, 0.25) is 5.91 Å². The Morgan fingerprint density at radius 3 is 2.41 bits per heavy atom. The van der Waals surface area contributed by atoms with E-state index in [1.165, 1.54) is 6.92 Å². The standard InChI is InChI=1S/C21H38N4O4/c1-5-8-9-10-11-29-20(28)15-12-16(25-21(22)23)17(19(15)27)18(24-13(4)26)14(6-2)7-3/h8-9,14-19,27H,5-7,10-12H2,1-4H3,(H,24,26)(H4,22,23,25)/b9-8+/t15-,16?,17+,18?,19+/m0/s1. The molecule has 0 saturated heterocycles. The maximum atomic E-state index is 12.6. The second kappa shape index (κ2) is 12.5. The number of esters is 1. The van der Waals surface area contributed by atoms with Gasteiger partial charge < -0.3 is 26.6 Å². The molecule has 1 rings (SSSR count). The van der Waals surface area contributed by atoms with Crippen molar-refractivity contribution in [2.75, 3.05) is 6.61 Å². The largest absolute Gasteiger partial charge is 0.465 e. The number of aliphatic imine (C=N–C) groups is 1. The zero-order valence-corrected chi connectivity index (χ0v) is 18.1. The normalized spacial score (nSPS) is 25.2. The number of nitrogens with two attached hydrogens (primary N) is 2. The van der Waals surface area contributed by atoms with E-state index in [1.54, 1.807) is 0 Å². The Balaban J connectivity index is 3.05. The van der Waals surface area contributed by atoms with Crippen LogP contribution in [-0.2, 0) is 14.3 Å². The number of hydrogen-bond acceptors (Lipinski definition) is 5. The summed E-state index contributed by atoms with van der Waals surface area (Å²) in [6.45, 7) is 7.82. The third-order valence-electron chi connectivity index (χ3n) is 5.64. The lowest BCUT2D eigenvalue weighted by atomic mass is 9.80. The average molecular weight is 411 g/mol. The van der Waals surface area contributed by atoms with Gasteiger partial charge in [0.25, 0.3) is 0 Å². The van der Waals surface area contributed by atoms with Crippen molar-refractivity contribution in [3.05, 3.63) is 12.2 Å². The molecule has 166 valence electrons. The molecule has 0 aromatic rings. The smallest absolute Gasteiger partial charge is 0.311 e. The van der Waals surface area contributed by atoms with Crippen LogP contribution in [0.5, 0.6) is 0 Å². The van der Waals surface area contributed by atoms with Gasteiger partial charge in [0, 0.05) is 18.9 Å². The Hall–Kier alpha value is -2.09. The highest BCUT2D eigenvalue weighted by molar-refractivity contribution is 5.77. The SMILES string of the molecule is CC/C=C/CCOC(=O)[C@H]1CC(N=C(N)N)[C@H](C(NC(C)=O)C(CC)CC)[C@@H]1O. The van der Waals surface area contributed by atoms with Gasteiger partial charge in [-0.15, -0.1) is 0 Å². The van der Waals surface area contributed by atoms with E-state index in [2.05, 4.69) is 10.3 Å². The highest BCUT2D eigenvalue weighted by Crippen LogP contribution is 2.40. The molecule has 0 aliphatic heterocycles. The monoisotopic (exact) mass is 410 g/mol. The Bertz CT molecular complexity index is 585. The van der Waals surface area contributed by atoms with Crippen molar-refractivity contribution in [1.29, 1.82) is 0 Å². The summed E-state index contributed by atoms with van der Waals surface area (Å²) in [7, 11) is 0. The molecule has 1 aliphatic carbocycles. The first-order valence-electron chi connectivity index (χ1n) is 10.6. The zero-order chi connectivity index (χ0) is 22.0. The van der Waals surface area contributed by atoms with E-state index < -0.39 is 30.0 Å². The quantitative estimate of drug-likeness (QED) is 0.134. The number of allylic oxidation sites excluding steroid dienone is 1. The average Bonchev–Trinajstić information content (AvgIpc) is 2.96. The van der Waals surface area contributed by atoms with Crippen LogP contribution in [0.2, 0.25) is 0 Å². The number of ether oxygens (including phenoxy) is 1. The van der Waals surface area contributed by atoms with Crippen molar-refractivity contribution in [3.8, 4) is 0 Å². The Labute approximate surface area is 174 Å². The first-order valence-corrected chi connectivity index (χ1v) is 10.6. The van der Waals surface area contributed by atoms with Crippen LogP contribution in [0.1, 0.15) is 59.8 Å². The van der Waals surface area contributed by atoms with E-state index in [9.17, 15) is 14.7 Å². The molecule has 0 aromatic heterocycles. The lowest BCUT2D eigenvalue weighted by Gasteiger charge is -2.35. The number of rotatable bonds is 11. The summed E-state index contributed by atoms with van der Waals surface area (Å²) in [5.74, 6) is -1.81. The third-order valence-corrected chi connectivity index (χ3v) is 5.64. The zero-order valence-electron chi connectivity index (χ0n) is 18.1. The summed E-state index contributed by atoms with van der Waals surface area (Å²) < 4.78 is 5.37. The van der Waals surface area contributed by atoms with Gasteiger partial charge in [-0.25, -0.2) is 4.99 Å². The summed E-state index contributed by atoms with van der Waals surface area (Å²) >= 11 is 0. The van der Waals surface area contributed by atoms with Crippen LogP contribution in [0.4, 0.5) is 0 Å². The molecule has 8 heteroatoms. The molecular formula is C21H38N4O4. The number of nitrogens with one attached hydrogen (secondary N) is 1. The summed E-state index contributed by atoms with van der Waals surface area (Å²) in [4.78, 5) is 28.7. The van der Waals surface area contributed by atoms with E-state index >= 15 is 0 Å². The van der Waals surface area contributed by atoms with Crippen LogP contribution < -0.4 is 16.8 Å². The van der Waals surface area contributed by atoms with Crippen LogP contribution in [0, 0.1) is 17.8 Å². The van der Waals surface area contributed by atoms with Crippen molar-refractivity contribution in [3.63, 3.8) is 0 Å². The number of guanidine groups is 1. The Morgan fingerprint density at radius 2 is 1.90 bits per heavy atom. The number of nitrogens with zero attached hydrogens (tertiary/aromatic N) is 1.